The molecule has 8 atom stereocenters. The molecule has 3 unspecified atom stereocenters. The van der Waals surface area contributed by atoms with Gasteiger partial charge in [-0.05, 0) is 65.1 Å². The number of ether oxygens (including phenoxy) is 3. The van der Waals surface area contributed by atoms with Crippen LogP contribution < -0.4 is 0 Å². The average molecular weight is 533 g/mol. The third kappa shape index (κ3) is 6.94. The summed E-state index contributed by atoms with van der Waals surface area (Å²) >= 11 is 6.66. The highest BCUT2D eigenvalue weighted by atomic mass is 35.5. The molecule has 2 saturated heterocycles. The first kappa shape index (κ1) is 29.6. The van der Waals surface area contributed by atoms with Crippen molar-refractivity contribution in [3.8, 4) is 0 Å². The third-order valence-corrected chi connectivity index (χ3v) is 8.64. The SMILES string of the molecule is CC(=O)OC[C@H]1O[C@H](C2CCC(Cl)CCC(B3OC(C)(C)C(C)(C)O3)CC2)[C@@H](O)[C@@H](O)[C@@H]1OC(C)=O. The largest absolute Gasteiger partial charge is 0.463 e. The lowest BCUT2D eigenvalue weighted by Crippen LogP contribution is -2.61. The van der Waals surface area contributed by atoms with Gasteiger partial charge in [0, 0.05) is 19.2 Å². The van der Waals surface area contributed by atoms with Crippen LogP contribution in [0.1, 0.15) is 80.1 Å². The van der Waals surface area contributed by atoms with E-state index in [4.69, 9.17) is 35.1 Å². The molecular formula is C25H42BClO9. The van der Waals surface area contributed by atoms with E-state index in [9.17, 15) is 19.8 Å². The molecule has 0 bridgehead atoms. The van der Waals surface area contributed by atoms with E-state index in [1.807, 2.05) is 27.7 Å². The summed E-state index contributed by atoms with van der Waals surface area (Å²) in [7, 11) is -0.356. The molecule has 3 aliphatic rings. The molecule has 206 valence electrons. The Morgan fingerprint density at radius 3 is 2.06 bits per heavy atom. The van der Waals surface area contributed by atoms with Crippen LogP contribution in [0.4, 0.5) is 0 Å². The minimum atomic E-state index is -1.38. The zero-order valence-corrected chi connectivity index (χ0v) is 23.0. The molecule has 0 aromatic heterocycles. The number of halogens is 1. The number of esters is 2. The van der Waals surface area contributed by atoms with E-state index < -0.39 is 53.7 Å². The number of hydrogen-bond acceptors (Lipinski definition) is 9. The first-order valence-electron chi connectivity index (χ1n) is 13.0. The quantitative estimate of drug-likeness (QED) is 0.313. The Labute approximate surface area is 219 Å². The molecule has 0 amide bonds. The third-order valence-electron chi connectivity index (χ3n) is 8.21. The zero-order valence-electron chi connectivity index (χ0n) is 22.3. The fraction of sp³-hybridized carbons (Fsp3) is 0.920. The summed E-state index contributed by atoms with van der Waals surface area (Å²) in [6, 6.07) is 0. The minimum Gasteiger partial charge on any atom is -0.463 e. The van der Waals surface area contributed by atoms with Gasteiger partial charge >= 0.3 is 19.1 Å². The van der Waals surface area contributed by atoms with Crippen LogP contribution in [-0.2, 0) is 33.1 Å². The molecule has 1 aliphatic carbocycles. The van der Waals surface area contributed by atoms with Crippen LogP contribution >= 0.6 is 11.6 Å². The Morgan fingerprint density at radius 1 is 0.917 bits per heavy atom. The normalized spacial score (nSPS) is 39.0. The second-order valence-electron chi connectivity index (χ2n) is 11.5. The number of alkyl halides is 1. The van der Waals surface area contributed by atoms with Crippen LogP contribution in [0.3, 0.4) is 0 Å². The number of rotatable bonds is 5. The van der Waals surface area contributed by atoms with Crippen molar-refractivity contribution in [1.82, 2.24) is 0 Å². The number of aliphatic hydroxyl groups is 2. The van der Waals surface area contributed by atoms with E-state index in [1.165, 1.54) is 13.8 Å². The van der Waals surface area contributed by atoms with Gasteiger partial charge in [-0.25, -0.2) is 0 Å². The fourth-order valence-electron chi connectivity index (χ4n) is 5.36. The Balaban J connectivity index is 1.77. The number of hydrogen-bond donors (Lipinski definition) is 2. The molecule has 11 heteroatoms. The maximum atomic E-state index is 11.6. The number of carbonyl (C=O) groups excluding carboxylic acids is 2. The first-order chi connectivity index (χ1) is 16.7. The molecular weight excluding hydrogens is 491 g/mol. The Morgan fingerprint density at radius 2 is 1.47 bits per heavy atom. The van der Waals surface area contributed by atoms with Crippen molar-refractivity contribution in [3.05, 3.63) is 0 Å². The molecule has 0 aromatic carbocycles. The molecule has 0 aromatic rings. The summed E-state index contributed by atoms with van der Waals surface area (Å²) in [5.41, 5.74) is -0.864. The summed E-state index contributed by atoms with van der Waals surface area (Å²) < 4.78 is 29.2. The summed E-state index contributed by atoms with van der Waals surface area (Å²) in [6.07, 6.45) is -0.883. The second kappa shape index (κ2) is 11.9. The lowest BCUT2D eigenvalue weighted by molar-refractivity contribution is -0.250. The fourth-order valence-corrected chi connectivity index (χ4v) is 5.61. The molecule has 0 spiro atoms. The molecule has 0 radical (unpaired) electrons. The average Bonchev–Trinajstić information content (AvgIpc) is 3.04. The van der Waals surface area contributed by atoms with E-state index in [0.717, 1.165) is 25.7 Å². The maximum Gasteiger partial charge on any atom is 0.461 e. The molecule has 3 fully saturated rings. The Hall–Kier alpha value is -0.905. The zero-order chi connectivity index (χ0) is 26.8. The lowest BCUT2D eigenvalue weighted by Gasteiger charge is -2.44. The summed E-state index contributed by atoms with van der Waals surface area (Å²) in [5, 5.41) is 21.9. The highest BCUT2D eigenvalue weighted by Crippen LogP contribution is 2.45. The van der Waals surface area contributed by atoms with Crippen molar-refractivity contribution in [1.29, 1.82) is 0 Å². The van der Waals surface area contributed by atoms with Gasteiger partial charge in [0.2, 0.25) is 0 Å². The van der Waals surface area contributed by atoms with Gasteiger partial charge in [-0.1, -0.05) is 12.8 Å². The molecule has 1 saturated carbocycles. The van der Waals surface area contributed by atoms with Crippen molar-refractivity contribution in [2.24, 2.45) is 5.92 Å². The number of aliphatic hydroxyl groups excluding tert-OH is 2. The highest BCUT2D eigenvalue weighted by molar-refractivity contribution is 6.47. The summed E-state index contributed by atoms with van der Waals surface area (Å²) in [5.74, 6) is -1.16. The van der Waals surface area contributed by atoms with Crippen molar-refractivity contribution >= 4 is 30.7 Å². The van der Waals surface area contributed by atoms with Gasteiger partial charge in [-0.15, -0.1) is 11.6 Å². The molecule has 2 aliphatic heterocycles. The van der Waals surface area contributed by atoms with Gasteiger partial charge in [0.1, 0.15) is 24.9 Å². The standard InChI is InChI=1S/C25H42BClO9/c1-14(28)32-13-19-23(33-15(2)29)21(31)20(30)22(34-19)16-7-9-17(10-12-18(27)11-8-16)26-35-24(3,4)25(5,6)36-26/h16-23,30-31H,7-13H2,1-6H3/t16?,17?,18?,19-,20+,21-,22-,23-/m1/s1. The first-order valence-corrected chi connectivity index (χ1v) is 13.5. The topological polar surface area (TPSA) is 121 Å². The Bertz CT molecular complexity index is 763. The molecule has 36 heavy (non-hydrogen) atoms. The van der Waals surface area contributed by atoms with Crippen LogP contribution in [0.5, 0.6) is 0 Å². The smallest absolute Gasteiger partial charge is 0.461 e. The lowest BCUT2D eigenvalue weighted by atomic mass is 9.66. The molecule has 9 nitrogen and oxygen atoms in total. The van der Waals surface area contributed by atoms with E-state index >= 15 is 0 Å². The van der Waals surface area contributed by atoms with Crippen LogP contribution in [0.15, 0.2) is 0 Å². The Kier molecular flexibility index (Phi) is 9.77. The molecule has 2 heterocycles. The van der Waals surface area contributed by atoms with Crippen LogP contribution in [-0.4, -0.2) is 83.0 Å². The van der Waals surface area contributed by atoms with Gasteiger partial charge in [-0.3, -0.25) is 9.59 Å². The van der Waals surface area contributed by atoms with Crippen molar-refractivity contribution in [3.63, 3.8) is 0 Å². The predicted octanol–water partition coefficient (Wildman–Crippen LogP) is 3.01. The van der Waals surface area contributed by atoms with Gasteiger partial charge < -0.3 is 33.7 Å². The van der Waals surface area contributed by atoms with E-state index in [0.29, 0.717) is 12.8 Å². The van der Waals surface area contributed by atoms with Crippen LogP contribution in [0.25, 0.3) is 0 Å². The number of carbonyl (C=O) groups is 2. The monoisotopic (exact) mass is 532 g/mol. The van der Waals surface area contributed by atoms with E-state index in [1.54, 1.807) is 0 Å². The van der Waals surface area contributed by atoms with Gasteiger partial charge in [0.05, 0.1) is 17.3 Å². The van der Waals surface area contributed by atoms with Crippen molar-refractivity contribution in [2.75, 3.05) is 6.61 Å². The molecule has 3 rings (SSSR count). The van der Waals surface area contributed by atoms with Crippen LogP contribution in [0.2, 0.25) is 5.82 Å². The van der Waals surface area contributed by atoms with E-state index in [-0.39, 0.29) is 30.8 Å². The van der Waals surface area contributed by atoms with Crippen molar-refractivity contribution in [2.45, 2.75) is 133 Å². The van der Waals surface area contributed by atoms with Gasteiger partial charge in [-0.2, -0.15) is 0 Å². The highest BCUT2D eigenvalue weighted by Gasteiger charge is 2.54. The van der Waals surface area contributed by atoms with Gasteiger partial charge in [0.15, 0.2) is 6.10 Å². The predicted molar refractivity (Wildman–Crippen MR) is 134 cm³/mol. The summed E-state index contributed by atoms with van der Waals surface area (Å²) in [6.45, 7) is 10.4. The minimum absolute atomic E-state index is 0.0492. The van der Waals surface area contributed by atoms with Crippen LogP contribution in [0, 0.1) is 5.92 Å². The molecule has 2 N–H and O–H groups in total. The van der Waals surface area contributed by atoms with Crippen molar-refractivity contribution < 1.29 is 43.3 Å². The van der Waals surface area contributed by atoms with Gasteiger partial charge in [0.25, 0.3) is 0 Å². The second-order valence-corrected chi connectivity index (χ2v) is 12.1. The van der Waals surface area contributed by atoms with E-state index in [2.05, 4.69) is 0 Å². The maximum absolute atomic E-state index is 11.6. The summed E-state index contributed by atoms with van der Waals surface area (Å²) in [4.78, 5) is 23.0.